The van der Waals surface area contributed by atoms with Crippen molar-refractivity contribution in [3.63, 3.8) is 0 Å². The van der Waals surface area contributed by atoms with Crippen molar-refractivity contribution < 1.29 is 0 Å². The Labute approximate surface area is 174 Å². The van der Waals surface area contributed by atoms with Crippen LogP contribution < -0.4 is 5.56 Å². The monoisotopic (exact) mass is 399 g/mol. The molecule has 0 radical (unpaired) electrons. The molecule has 0 spiro atoms. The highest BCUT2D eigenvalue weighted by Gasteiger charge is 2.18. The minimum atomic E-state index is -0.104. The topological polar surface area (TPSA) is 65.1 Å². The van der Waals surface area contributed by atoms with E-state index in [2.05, 4.69) is 35.3 Å². The summed E-state index contributed by atoms with van der Waals surface area (Å²) in [7, 11) is 0. The van der Waals surface area contributed by atoms with Gasteiger partial charge in [0.25, 0.3) is 5.56 Å². The van der Waals surface area contributed by atoms with Gasteiger partial charge in [-0.1, -0.05) is 48.9 Å². The first-order chi connectivity index (χ1) is 14.8. The Bertz CT molecular complexity index is 1300. The molecule has 0 aliphatic heterocycles. The first-order valence-electron chi connectivity index (χ1n) is 10.8. The van der Waals surface area contributed by atoms with Crippen molar-refractivity contribution in [3.8, 4) is 11.1 Å². The molecule has 152 valence electrons. The summed E-state index contributed by atoms with van der Waals surface area (Å²) in [6.07, 6.45) is 10.7. The molecule has 0 atom stereocenters. The lowest BCUT2D eigenvalue weighted by Gasteiger charge is -2.13. The molecule has 6 heteroatoms. The molecule has 1 aromatic carbocycles. The number of allylic oxidation sites excluding steroid dienone is 2. The maximum Gasteiger partial charge on any atom is 0.280 e. The van der Waals surface area contributed by atoms with E-state index < -0.39 is 0 Å². The van der Waals surface area contributed by atoms with Crippen LogP contribution >= 0.6 is 0 Å². The van der Waals surface area contributed by atoms with Crippen molar-refractivity contribution >= 4 is 16.7 Å². The standard InChI is InChI=1S/C24H25N5O/c1-2-19-21(18-11-7-4-8-12-18)23-26-25-22-20(29(23)27-19)14-16-28(24(22)30)15-13-17-9-5-3-6-10-17/h4,7-9,11-12,14,16H,2-3,5-6,10,13,15H2,1H3. The molecule has 3 heterocycles. The maximum atomic E-state index is 13.1. The molecule has 30 heavy (non-hydrogen) atoms. The van der Waals surface area contributed by atoms with Gasteiger partial charge in [0.1, 0.15) is 5.52 Å². The van der Waals surface area contributed by atoms with E-state index in [1.165, 1.54) is 18.4 Å². The van der Waals surface area contributed by atoms with Crippen LogP contribution in [0.2, 0.25) is 0 Å². The predicted molar refractivity (Wildman–Crippen MR) is 119 cm³/mol. The van der Waals surface area contributed by atoms with Crippen molar-refractivity contribution in [3.05, 3.63) is 70.3 Å². The summed E-state index contributed by atoms with van der Waals surface area (Å²) < 4.78 is 3.53. The van der Waals surface area contributed by atoms with Gasteiger partial charge in [-0.15, -0.1) is 10.2 Å². The molecule has 1 aliphatic carbocycles. The van der Waals surface area contributed by atoms with Crippen LogP contribution in [0.25, 0.3) is 27.8 Å². The highest BCUT2D eigenvalue weighted by Crippen LogP contribution is 2.28. The summed E-state index contributed by atoms with van der Waals surface area (Å²) >= 11 is 0. The van der Waals surface area contributed by atoms with Crippen LogP contribution in [0, 0.1) is 0 Å². The highest BCUT2D eigenvalue weighted by atomic mass is 16.1. The van der Waals surface area contributed by atoms with E-state index in [0.29, 0.717) is 23.2 Å². The number of rotatable bonds is 5. The number of pyridine rings is 1. The molecule has 6 nitrogen and oxygen atoms in total. The molecule has 5 rings (SSSR count). The minimum Gasteiger partial charge on any atom is -0.313 e. The maximum absolute atomic E-state index is 13.1. The lowest BCUT2D eigenvalue weighted by molar-refractivity contribution is 0.615. The minimum absolute atomic E-state index is 0.104. The van der Waals surface area contributed by atoms with Crippen molar-refractivity contribution in [2.75, 3.05) is 0 Å². The normalized spacial score (nSPS) is 14.4. The lowest BCUT2D eigenvalue weighted by Crippen LogP contribution is -2.22. The average molecular weight is 399 g/mol. The third-order valence-electron chi connectivity index (χ3n) is 5.98. The molecular formula is C24H25N5O. The highest BCUT2D eigenvalue weighted by molar-refractivity contribution is 5.84. The van der Waals surface area contributed by atoms with E-state index in [1.807, 2.05) is 30.5 Å². The molecule has 0 saturated heterocycles. The second kappa shape index (κ2) is 7.86. The van der Waals surface area contributed by atoms with Gasteiger partial charge in [-0.2, -0.15) is 5.10 Å². The smallest absolute Gasteiger partial charge is 0.280 e. The van der Waals surface area contributed by atoms with Gasteiger partial charge in [0.15, 0.2) is 11.2 Å². The number of hydrogen-bond acceptors (Lipinski definition) is 4. The van der Waals surface area contributed by atoms with Gasteiger partial charge in [0.05, 0.1) is 11.3 Å². The number of nitrogens with zero attached hydrogens (tertiary/aromatic N) is 5. The lowest BCUT2D eigenvalue weighted by atomic mass is 9.97. The zero-order valence-corrected chi connectivity index (χ0v) is 17.2. The fourth-order valence-corrected chi connectivity index (χ4v) is 4.35. The fourth-order valence-electron chi connectivity index (χ4n) is 4.35. The molecule has 0 saturated carbocycles. The largest absolute Gasteiger partial charge is 0.313 e. The fraction of sp³-hybridized carbons (Fsp3) is 0.333. The van der Waals surface area contributed by atoms with Crippen LogP contribution in [0.3, 0.4) is 0 Å². The summed E-state index contributed by atoms with van der Waals surface area (Å²) in [4.78, 5) is 13.1. The van der Waals surface area contributed by atoms with Crippen LogP contribution in [0.1, 0.15) is 44.7 Å². The van der Waals surface area contributed by atoms with Crippen molar-refractivity contribution in [2.24, 2.45) is 0 Å². The molecule has 4 aromatic rings. The van der Waals surface area contributed by atoms with Gasteiger partial charge in [0.2, 0.25) is 0 Å². The Kier molecular flexibility index (Phi) is 4.91. The average Bonchev–Trinajstić information content (AvgIpc) is 3.19. The van der Waals surface area contributed by atoms with Gasteiger partial charge in [-0.05, 0) is 50.2 Å². The SMILES string of the molecule is CCc1nn2c(nnc3c(=O)n(CCC4=CCCCC4)ccc32)c1-c1ccccc1. The molecule has 0 bridgehead atoms. The Balaban J connectivity index is 1.59. The zero-order valence-electron chi connectivity index (χ0n) is 17.2. The first kappa shape index (κ1) is 18.7. The molecule has 0 unspecified atom stereocenters. The van der Waals surface area contributed by atoms with Crippen LogP contribution in [0.5, 0.6) is 0 Å². The van der Waals surface area contributed by atoms with Gasteiger partial charge in [-0.25, -0.2) is 4.52 Å². The third kappa shape index (κ3) is 3.22. The number of benzene rings is 1. The van der Waals surface area contributed by atoms with E-state index in [9.17, 15) is 4.79 Å². The number of aromatic nitrogens is 5. The molecule has 0 fully saturated rings. The number of hydrogen-bond donors (Lipinski definition) is 0. The Morgan fingerprint density at radius 1 is 1.07 bits per heavy atom. The van der Waals surface area contributed by atoms with Gasteiger partial charge in [0, 0.05) is 12.7 Å². The Hall–Kier alpha value is -3.28. The number of fused-ring (bicyclic) bond motifs is 3. The Morgan fingerprint density at radius 2 is 1.93 bits per heavy atom. The summed E-state index contributed by atoms with van der Waals surface area (Å²) in [5.41, 5.74) is 6.12. The second-order valence-electron chi connectivity index (χ2n) is 7.88. The van der Waals surface area contributed by atoms with E-state index >= 15 is 0 Å². The van der Waals surface area contributed by atoms with Crippen LogP contribution in [-0.2, 0) is 13.0 Å². The van der Waals surface area contributed by atoms with Gasteiger partial charge in [-0.3, -0.25) is 4.79 Å². The quantitative estimate of drug-likeness (QED) is 0.462. The zero-order chi connectivity index (χ0) is 20.5. The van der Waals surface area contributed by atoms with E-state index in [0.717, 1.165) is 42.5 Å². The molecular weight excluding hydrogens is 374 g/mol. The van der Waals surface area contributed by atoms with Gasteiger partial charge < -0.3 is 4.57 Å². The first-order valence-corrected chi connectivity index (χ1v) is 10.8. The summed E-state index contributed by atoms with van der Waals surface area (Å²) in [5.74, 6) is 0. The molecule has 1 aliphatic rings. The molecule has 0 N–H and O–H groups in total. The number of aryl methyl sites for hydroxylation is 2. The van der Waals surface area contributed by atoms with Crippen molar-refractivity contribution in [1.29, 1.82) is 0 Å². The van der Waals surface area contributed by atoms with Crippen LogP contribution in [0.15, 0.2) is 59.0 Å². The Morgan fingerprint density at radius 3 is 2.70 bits per heavy atom. The van der Waals surface area contributed by atoms with Crippen molar-refractivity contribution in [1.82, 2.24) is 24.4 Å². The van der Waals surface area contributed by atoms with E-state index in [1.54, 1.807) is 9.08 Å². The summed E-state index contributed by atoms with van der Waals surface area (Å²) in [6, 6.07) is 12.1. The van der Waals surface area contributed by atoms with E-state index in [4.69, 9.17) is 5.10 Å². The van der Waals surface area contributed by atoms with Crippen molar-refractivity contribution in [2.45, 2.75) is 52.0 Å². The predicted octanol–water partition coefficient (Wildman–Crippen LogP) is 4.56. The summed E-state index contributed by atoms with van der Waals surface area (Å²) in [6.45, 7) is 2.76. The van der Waals surface area contributed by atoms with E-state index in [-0.39, 0.29) is 5.56 Å². The third-order valence-corrected chi connectivity index (χ3v) is 5.98. The van der Waals surface area contributed by atoms with Crippen LogP contribution in [0.4, 0.5) is 0 Å². The molecule has 3 aromatic heterocycles. The summed E-state index contributed by atoms with van der Waals surface area (Å²) in [5, 5.41) is 13.6. The van der Waals surface area contributed by atoms with Gasteiger partial charge >= 0.3 is 0 Å². The van der Waals surface area contributed by atoms with Crippen LogP contribution in [-0.4, -0.2) is 24.4 Å². The second-order valence-corrected chi connectivity index (χ2v) is 7.88. The molecule has 0 amide bonds.